The van der Waals surface area contributed by atoms with Gasteiger partial charge in [-0.15, -0.1) is 4.40 Å². The quantitative estimate of drug-likeness (QED) is 0.780. The van der Waals surface area contributed by atoms with Crippen LogP contribution in [0.5, 0.6) is 0 Å². The zero-order chi connectivity index (χ0) is 19.6. The van der Waals surface area contributed by atoms with Crippen LogP contribution >= 0.6 is 0 Å². The predicted molar refractivity (Wildman–Crippen MR) is 101 cm³/mol. The van der Waals surface area contributed by atoms with Crippen molar-refractivity contribution in [2.24, 2.45) is 4.40 Å². The van der Waals surface area contributed by atoms with E-state index in [2.05, 4.69) is 9.71 Å². The van der Waals surface area contributed by atoms with Crippen molar-refractivity contribution in [2.75, 3.05) is 17.6 Å². The van der Waals surface area contributed by atoms with Gasteiger partial charge in [-0.05, 0) is 38.1 Å². The van der Waals surface area contributed by atoms with Crippen LogP contribution in [0.1, 0.15) is 12.5 Å². The number of aryl methyl sites for hydroxylation is 1. The molecule has 1 amide bonds. The van der Waals surface area contributed by atoms with E-state index in [0.29, 0.717) is 5.69 Å². The Labute approximate surface area is 157 Å². The van der Waals surface area contributed by atoms with Crippen molar-refractivity contribution < 1.29 is 22.7 Å². The van der Waals surface area contributed by atoms with Crippen LogP contribution in [0.4, 0.5) is 5.69 Å². The molecular formula is C18H19N3O5S. The van der Waals surface area contributed by atoms with E-state index in [1.54, 1.807) is 17.0 Å². The smallest absolute Gasteiger partial charge is 0.340 e. The Morgan fingerprint density at radius 3 is 2.63 bits per heavy atom. The molecule has 2 aliphatic heterocycles. The molecule has 2 heterocycles. The highest BCUT2D eigenvalue weighted by atomic mass is 32.2. The Morgan fingerprint density at radius 1 is 1.22 bits per heavy atom. The first-order valence-corrected chi connectivity index (χ1v) is 9.92. The van der Waals surface area contributed by atoms with Gasteiger partial charge in [0.25, 0.3) is 15.9 Å². The van der Waals surface area contributed by atoms with Crippen molar-refractivity contribution >= 4 is 33.4 Å². The lowest BCUT2D eigenvalue weighted by molar-refractivity contribution is -0.149. The number of esters is 1. The molecule has 142 valence electrons. The number of amides is 1. The number of carbonyl (C=O) groups excluding carboxylic acids is 2. The van der Waals surface area contributed by atoms with Gasteiger partial charge in [0.1, 0.15) is 5.84 Å². The van der Waals surface area contributed by atoms with Gasteiger partial charge in [-0.25, -0.2) is 13.2 Å². The summed E-state index contributed by atoms with van der Waals surface area (Å²) in [6.45, 7) is 3.62. The van der Waals surface area contributed by atoms with Crippen LogP contribution in [0.3, 0.4) is 0 Å². The van der Waals surface area contributed by atoms with Gasteiger partial charge in [0.2, 0.25) is 0 Å². The highest BCUT2D eigenvalue weighted by Crippen LogP contribution is 2.17. The maximum Gasteiger partial charge on any atom is 0.340 e. The molecule has 0 aromatic heterocycles. The first-order valence-electron chi connectivity index (χ1n) is 8.31. The highest BCUT2D eigenvalue weighted by Gasteiger charge is 2.26. The molecule has 0 aliphatic carbocycles. The van der Waals surface area contributed by atoms with Gasteiger partial charge in [0.05, 0.1) is 11.3 Å². The number of sulfonamides is 1. The highest BCUT2D eigenvalue weighted by molar-refractivity contribution is 7.90. The number of fused-ring (bicyclic) bond motifs is 1. The second-order valence-electron chi connectivity index (χ2n) is 6.25. The Morgan fingerprint density at radius 2 is 1.93 bits per heavy atom. The predicted octanol–water partition coefficient (Wildman–Crippen LogP) is 1.36. The van der Waals surface area contributed by atoms with Crippen LogP contribution < -0.4 is 5.32 Å². The Hall–Kier alpha value is -2.94. The molecule has 0 radical (unpaired) electrons. The lowest BCUT2D eigenvalue weighted by Gasteiger charge is -2.27. The van der Waals surface area contributed by atoms with E-state index in [4.69, 9.17) is 4.74 Å². The summed E-state index contributed by atoms with van der Waals surface area (Å²) in [4.78, 5) is 26.1. The van der Waals surface area contributed by atoms with Crippen molar-refractivity contribution in [3.63, 3.8) is 0 Å². The van der Waals surface area contributed by atoms with Crippen molar-refractivity contribution in [1.82, 2.24) is 4.90 Å². The second-order valence-corrected chi connectivity index (χ2v) is 8.00. The zero-order valence-corrected chi connectivity index (χ0v) is 15.7. The summed E-state index contributed by atoms with van der Waals surface area (Å²) in [5.74, 6) is -0.995. The molecule has 1 aromatic carbocycles. The van der Waals surface area contributed by atoms with Gasteiger partial charge < -0.3 is 15.0 Å². The summed E-state index contributed by atoms with van der Waals surface area (Å²) in [5, 5.41) is 2.68. The monoisotopic (exact) mass is 389 g/mol. The average molecular weight is 389 g/mol. The third-order valence-electron chi connectivity index (χ3n) is 4.03. The summed E-state index contributed by atoms with van der Waals surface area (Å²) in [7, 11) is -3.46. The number of anilines is 1. The number of benzene rings is 1. The first-order chi connectivity index (χ1) is 12.7. The Kier molecular flexibility index (Phi) is 5.13. The number of hydrogen-bond donors (Lipinski definition) is 1. The van der Waals surface area contributed by atoms with Crippen molar-refractivity contribution in [3.8, 4) is 0 Å². The van der Waals surface area contributed by atoms with E-state index in [-0.39, 0.29) is 23.7 Å². The van der Waals surface area contributed by atoms with E-state index in [0.717, 1.165) is 5.56 Å². The van der Waals surface area contributed by atoms with Crippen molar-refractivity contribution in [1.29, 1.82) is 0 Å². The van der Waals surface area contributed by atoms with Crippen LogP contribution in [0.25, 0.3) is 0 Å². The summed E-state index contributed by atoms with van der Waals surface area (Å²) in [6.07, 6.45) is 3.33. The molecule has 8 nitrogen and oxygen atoms in total. The molecule has 3 rings (SSSR count). The Balaban J connectivity index is 1.62. The summed E-state index contributed by atoms with van der Waals surface area (Å²) < 4.78 is 31.9. The lowest BCUT2D eigenvalue weighted by atomic mass is 10.2. The second kappa shape index (κ2) is 7.36. The van der Waals surface area contributed by atoms with Gasteiger partial charge in [-0.2, -0.15) is 0 Å². The third kappa shape index (κ3) is 4.62. The SMILES string of the molecule is Cc1ccc(NC(=O)[C@@H](C)OC(=O)C2=CN3CCS(=O)(=O)N=C3C=C2)cc1. The third-order valence-corrected chi connectivity index (χ3v) is 5.20. The molecule has 0 saturated heterocycles. The zero-order valence-electron chi connectivity index (χ0n) is 14.9. The average Bonchev–Trinajstić information content (AvgIpc) is 2.62. The molecule has 1 N–H and O–H groups in total. The number of carbonyl (C=O) groups is 2. The minimum absolute atomic E-state index is 0.126. The molecule has 1 aromatic rings. The van der Waals surface area contributed by atoms with Crippen LogP contribution in [0.15, 0.2) is 52.6 Å². The van der Waals surface area contributed by atoms with E-state index < -0.39 is 28.0 Å². The van der Waals surface area contributed by atoms with E-state index in [1.807, 2.05) is 19.1 Å². The summed E-state index contributed by atoms with van der Waals surface area (Å²) >= 11 is 0. The molecule has 1 atom stereocenters. The molecule has 0 unspecified atom stereocenters. The van der Waals surface area contributed by atoms with Crippen LogP contribution in [-0.2, 0) is 24.3 Å². The fraction of sp³-hybridized carbons (Fsp3) is 0.278. The number of hydrogen-bond acceptors (Lipinski definition) is 6. The Bertz CT molecular complexity index is 961. The van der Waals surface area contributed by atoms with Gasteiger partial charge in [0, 0.05) is 18.4 Å². The minimum Gasteiger partial charge on any atom is -0.449 e. The number of rotatable bonds is 4. The largest absolute Gasteiger partial charge is 0.449 e. The van der Waals surface area contributed by atoms with Gasteiger partial charge >= 0.3 is 5.97 Å². The summed E-state index contributed by atoms with van der Waals surface area (Å²) in [6, 6.07) is 7.25. The van der Waals surface area contributed by atoms with Crippen LogP contribution in [0, 0.1) is 6.92 Å². The molecule has 9 heteroatoms. The number of nitrogens with zero attached hydrogens (tertiary/aromatic N) is 2. The van der Waals surface area contributed by atoms with E-state index >= 15 is 0 Å². The first kappa shape index (κ1) is 18.8. The maximum atomic E-state index is 12.3. The topological polar surface area (TPSA) is 105 Å². The normalized spacial score (nSPS) is 18.7. The fourth-order valence-corrected chi connectivity index (χ4v) is 3.45. The number of amidine groups is 1. The van der Waals surface area contributed by atoms with Gasteiger partial charge in [-0.3, -0.25) is 4.79 Å². The van der Waals surface area contributed by atoms with Crippen LogP contribution in [-0.4, -0.2) is 49.4 Å². The molecular weight excluding hydrogens is 370 g/mol. The van der Waals surface area contributed by atoms with Crippen molar-refractivity contribution in [2.45, 2.75) is 20.0 Å². The standard InChI is InChI=1S/C18H19N3O5S/c1-12-3-6-15(7-4-12)19-17(22)13(2)26-18(23)14-5-8-16-20-27(24,25)10-9-21(16)11-14/h3-8,11,13H,9-10H2,1-2H3,(H,19,22)/t13-/m1/s1. The number of nitrogens with one attached hydrogen (secondary N) is 1. The van der Waals surface area contributed by atoms with E-state index in [9.17, 15) is 18.0 Å². The number of ether oxygens (including phenoxy) is 1. The van der Waals surface area contributed by atoms with Gasteiger partial charge in [0.15, 0.2) is 6.10 Å². The molecule has 0 spiro atoms. The lowest BCUT2D eigenvalue weighted by Crippen LogP contribution is -2.37. The van der Waals surface area contributed by atoms with Crippen molar-refractivity contribution in [3.05, 3.63) is 53.8 Å². The van der Waals surface area contributed by atoms with E-state index in [1.165, 1.54) is 25.3 Å². The molecule has 0 saturated carbocycles. The fourth-order valence-electron chi connectivity index (χ4n) is 2.48. The molecule has 0 fully saturated rings. The minimum atomic E-state index is -3.46. The molecule has 2 aliphatic rings. The summed E-state index contributed by atoms with van der Waals surface area (Å²) in [5.41, 5.74) is 1.89. The van der Waals surface area contributed by atoms with Gasteiger partial charge in [-0.1, -0.05) is 17.7 Å². The maximum absolute atomic E-state index is 12.3. The van der Waals surface area contributed by atoms with Crippen LogP contribution in [0.2, 0.25) is 0 Å². The molecule has 0 bridgehead atoms. The molecule has 27 heavy (non-hydrogen) atoms.